The van der Waals surface area contributed by atoms with Crippen LogP contribution in [0.5, 0.6) is 0 Å². The Morgan fingerprint density at radius 1 is 1.21 bits per heavy atom. The zero-order valence-electron chi connectivity index (χ0n) is 18.7. The van der Waals surface area contributed by atoms with Gasteiger partial charge in [-0.1, -0.05) is 43.2 Å². The molecule has 10 heteroatoms. The summed E-state index contributed by atoms with van der Waals surface area (Å²) in [6, 6.07) is 7.90. The van der Waals surface area contributed by atoms with E-state index in [9.17, 15) is 19.2 Å². The molecule has 1 aliphatic rings. The third kappa shape index (κ3) is 4.38. The van der Waals surface area contributed by atoms with Gasteiger partial charge in [-0.2, -0.15) is 0 Å². The number of unbranched alkanes of at least 4 members (excludes halogenated alkanes) is 1. The highest BCUT2D eigenvalue weighted by atomic mass is 32.1. The molecule has 0 unspecified atom stereocenters. The first-order chi connectivity index (χ1) is 15.8. The van der Waals surface area contributed by atoms with Crippen LogP contribution in [0.15, 0.2) is 39.2 Å². The van der Waals surface area contributed by atoms with Crippen LogP contribution in [0.4, 0.5) is 10.9 Å². The lowest BCUT2D eigenvalue weighted by Crippen LogP contribution is -2.40. The fraction of sp³-hybridized carbons (Fsp3) is 0.348. The third-order valence-electron chi connectivity index (χ3n) is 5.71. The van der Waals surface area contributed by atoms with Gasteiger partial charge in [0.2, 0.25) is 11.8 Å². The molecule has 1 aliphatic heterocycles. The number of hydrogen-bond acceptors (Lipinski definition) is 6. The topological polar surface area (TPSA) is 115 Å². The second-order valence-corrected chi connectivity index (χ2v) is 8.97. The average Bonchev–Trinajstić information content (AvgIpc) is 3.37. The molecule has 4 rings (SSSR count). The van der Waals surface area contributed by atoms with Crippen molar-refractivity contribution >= 4 is 34.1 Å². The van der Waals surface area contributed by atoms with Gasteiger partial charge in [0.25, 0.3) is 5.56 Å². The van der Waals surface area contributed by atoms with E-state index in [1.165, 1.54) is 23.0 Å². The molecule has 0 spiro atoms. The highest BCUT2D eigenvalue weighted by Crippen LogP contribution is 2.32. The fourth-order valence-corrected chi connectivity index (χ4v) is 4.57. The number of hydrogen-bond donors (Lipinski definition) is 2. The monoisotopic (exact) mass is 467 g/mol. The molecule has 0 saturated heterocycles. The number of carbonyl (C=O) groups excluding carboxylic acids is 2. The lowest BCUT2D eigenvalue weighted by Gasteiger charge is -2.13. The van der Waals surface area contributed by atoms with Crippen molar-refractivity contribution in [3.05, 3.63) is 61.6 Å². The van der Waals surface area contributed by atoms with E-state index in [1.54, 1.807) is 0 Å². The molecule has 9 nitrogen and oxygen atoms in total. The Labute approximate surface area is 194 Å². The second kappa shape index (κ2) is 9.14. The number of anilines is 2. The first kappa shape index (κ1) is 22.7. The number of nitrogens with zero attached hydrogens (tertiary/aromatic N) is 3. The zero-order chi connectivity index (χ0) is 23.7. The number of nitrogens with one attached hydrogen (secondary N) is 2. The summed E-state index contributed by atoms with van der Waals surface area (Å²) in [5, 5.41) is 7.64. The van der Waals surface area contributed by atoms with Gasteiger partial charge in [0, 0.05) is 31.0 Å². The van der Waals surface area contributed by atoms with Crippen LogP contribution in [0.2, 0.25) is 0 Å². The normalized spacial score (nSPS) is 14.8. The van der Waals surface area contributed by atoms with E-state index in [4.69, 9.17) is 0 Å². The fourth-order valence-electron chi connectivity index (χ4n) is 3.84. The Bertz CT molecular complexity index is 1340. The smallest absolute Gasteiger partial charge is 0.311 e. The average molecular weight is 468 g/mol. The Hall–Kier alpha value is -3.53. The first-order valence-corrected chi connectivity index (χ1v) is 11.6. The maximum absolute atomic E-state index is 12.8. The molecular formula is C23H25N5O4S. The molecule has 2 N–H and O–H groups in total. The molecule has 0 radical (unpaired) electrons. The van der Waals surface area contributed by atoms with Gasteiger partial charge in [-0.15, -0.1) is 11.3 Å². The third-order valence-corrected chi connectivity index (χ3v) is 6.46. The highest BCUT2D eigenvalue weighted by molar-refractivity contribution is 7.14. The van der Waals surface area contributed by atoms with E-state index >= 15 is 0 Å². The number of rotatable bonds is 7. The minimum absolute atomic E-state index is 0.160. The van der Waals surface area contributed by atoms with Gasteiger partial charge in [-0.05, 0) is 13.3 Å². The van der Waals surface area contributed by atoms with E-state index in [-0.39, 0.29) is 17.8 Å². The highest BCUT2D eigenvalue weighted by Gasteiger charge is 2.38. The van der Waals surface area contributed by atoms with Crippen molar-refractivity contribution in [3.63, 3.8) is 0 Å². The molecule has 0 aliphatic carbocycles. The maximum Gasteiger partial charge on any atom is 0.332 e. The maximum atomic E-state index is 12.8. The summed E-state index contributed by atoms with van der Waals surface area (Å²) in [7, 11) is 1.38. The van der Waals surface area contributed by atoms with Crippen LogP contribution < -0.4 is 21.9 Å². The second-order valence-electron chi connectivity index (χ2n) is 8.11. The number of benzene rings is 1. The summed E-state index contributed by atoms with van der Waals surface area (Å²) in [5.41, 5.74) is 1.94. The summed E-state index contributed by atoms with van der Waals surface area (Å²) in [4.78, 5) is 55.2. The molecule has 3 heterocycles. The predicted molar refractivity (Wildman–Crippen MR) is 128 cm³/mol. The predicted octanol–water partition coefficient (Wildman–Crippen LogP) is 2.84. The molecule has 33 heavy (non-hydrogen) atoms. The molecule has 1 aromatic carbocycles. The summed E-state index contributed by atoms with van der Waals surface area (Å²) >= 11 is 1.29. The van der Waals surface area contributed by atoms with Gasteiger partial charge >= 0.3 is 5.69 Å². The van der Waals surface area contributed by atoms with E-state index in [2.05, 4.69) is 15.6 Å². The van der Waals surface area contributed by atoms with Crippen molar-refractivity contribution in [3.8, 4) is 11.3 Å². The largest absolute Gasteiger partial charge is 0.332 e. The van der Waals surface area contributed by atoms with Gasteiger partial charge in [0.15, 0.2) is 5.13 Å². The molecular weight excluding hydrogens is 442 g/mol. The van der Waals surface area contributed by atoms with E-state index < -0.39 is 29.0 Å². The molecule has 172 valence electrons. The van der Waals surface area contributed by atoms with Crippen molar-refractivity contribution in [2.24, 2.45) is 7.05 Å². The SMILES string of the molecule is CCCCn1c2c(c(=O)n(C)c1=O)[C@H](CC(=O)Nc1nc(-c3ccc(C)cc3)cs1)C(=O)N2. The van der Waals surface area contributed by atoms with Gasteiger partial charge in [-0.3, -0.25) is 23.5 Å². The van der Waals surface area contributed by atoms with Gasteiger partial charge < -0.3 is 10.6 Å². The number of aromatic nitrogens is 3. The molecule has 3 aromatic rings. The van der Waals surface area contributed by atoms with Crippen molar-refractivity contribution < 1.29 is 9.59 Å². The number of carbonyl (C=O) groups is 2. The molecule has 2 amide bonds. The van der Waals surface area contributed by atoms with Crippen LogP contribution in [-0.4, -0.2) is 25.9 Å². The Balaban J connectivity index is 1.55. The van der Waals surface area contributed by atoms with Crippen LogP contribution in [0, 0.1) is 6.92 Å². The van der Waals surface area contributed by atoms with Gasteiger partial charge in [0.05, 0.1) is 17.2 Å². The van der Waals surface area contributed by atoms with Crippen molar-refractivity contribution in [1.29, 1.82) is 0 Å². The van der Waals surface area contributed by atoms with E-state index in [0.29, 0.717) is 11.7 Å². The van der Waals surface area contributed by atoms with Crippen LogP contribution in [0.25, 0.3) is 11.3 Å². The molecule has 0 fully saturated rings. The molecule has 0 bridgehead atoms. The van der Waals surface area contributed by atoms with Crippen LogP contribution in [-0.2, 0) is 23.2 Å². The Morgan fingerprint density at radius 3 is 2.64 bits per heavy atom. The van der Waals surface area contributed by atoms with Crippen LogP contribution >= 0.6 is 11.3 Å². The summed E-state index contributed by atoms with van der Waals surface area (Å²) in [6.07, 6.45) is 1.35. The van der Waals surface area contributed by atoms with Gasteiger partial charge in [0.1, 0.15) is 5.82 Å². The number of fused-ring (bicyclic) bond motifs is 1. The minimum atomic E-state index is -0.969. The van der Waals surface area contributed by atoms with Gasteiger partial charge in [-0.25, -0.2) is 9.78 Å². The molecule has 2 aromatic heterocycles. The van der Waals surface area contributed by atoms with Crippen molar-refractivity contribution in [1.82, 2.24) is 14.1 Å². The van der Waals surface area contributed by atoms with E-state index in [1.807, 2.05) is 43.5 Å². The Kier molecular flexibility index (Phi) is 6.28. The van der Waals surface area contributed by atoms with E-state index in [0.717, 1.165) is 34.2 Å². The Morgan fingerprint density at radius 2 is 1.94 bits per heavy atom. The van der Waals surface area contributed by atoms with Crippen molar-refractivity contribution in [2.45, 2.75) is 45.6 Å². The molecule has 1 atom stereocenters. The summed E-state index contributed by atoms with van der Waals surface area (Å²) in [5.74, 6) is -1.66. The summed E-state index contributed by atoms with van der Waals surface area (Å²) in [6.45, 7) is 4.37. The quantitative estimate of drug-likeness (QED) is 0.554. The number of aryl methyl sites for hydroxylation is 1. The zero-order valence-corrected chi connectivity index (χ0v) is 19.5. The summed E-state index contributed by atoms with van der Waals surface area (Å²) < 4.78 is 2.40. The number of amides is 2. The minimum Gasteiger partial charge on any atom is -0.311 e. The van der Waals surface area contributed by atoms with Crippen molar-refractivity contribution in [2.75, 3.05) is 10.6 Å². The molecule has 0 saturated carbocycles. The van der Waals surface area contributed by atoms with Crippen LogP contribution in [0.3, 0.4) is 0 Å². The van der Waals surface area contributed by atoms with Crippen LogP contribution in [0.1, 0.15) is 43.2 Å². The lowest BCUT2D eigenvalue weighted by molar-refractivity contribution is -0.122. The first-order valence-electron chi connectivity index (χ1n) is 10.8. The number of thiazole rings is 1. The standard InChI is InChI=1S/C23H25N5O4S/c1-4-5-10-28-19-18(21(31)27(3)23(28)32)15(20(30)26-19)11-17(29)25-22-24-16(12-33-22)14-8-6-13(2)7-9-14/h6-9,12,15H,4-5,10-11H2,1-3H3,(H,26,30)(H,24,25,29)/t15-/m0/s1. The lowest BCUT2D eigenvalue weighted by atomic mass is 9.99.